The first-order valence-corrected chi connectivity index (χ1v) is 11.1. The molecular weight excluding hydrogens is 434 g/mol. The lowest BCUT2D eigenvalue weighted by Crippen LogP contribution is -2.37. The summed E-state index contributed by atoms with van der Waals surface area (Å²) < 4.78 is 16.0. The lowest BCUT2D eigenvalue weighted by atomic mass is 9.99. The van der Waals surface area contributed by atoms with Gasteiger partial charge < -0.3 is 24.8 Å². The Bertz CT molecular complexity index is 1240. The molecule has 8 nitrogen and oxygen atoms in total. The monoisotopic (exact) mass is 459 g/mol. The molecule has 2 N–H and O–H groups in total. The molecule has 0 bridgehead atoms. The fraction of sp³-hybridized carbons (Fsp3) is 0.231. The molecule has 2 amide bonds. The topological polar surface area (TPSA) is 89.1 Å². The van der Waals surface area contributed by atoms with Crippen LogP contribution >= 0.6 is 0 Å². The van der Waals surface area contributed by atoms with E-state index in [1.807, 2.05) is 12.1 Å². The summed E-state index contributed by atoms with van der Waals surface area (Å²) in [5.74, 6) is 1.54. The Balaban J connectivity index is 1.23. The van der Waals surface area contributed by atoms with E-state index in [4.69, 9.17) is 14.2 Å². The Kier molecular flexibility index (Phi) is 6.05. The number of rotatable bonds is 6. The van der Waals surface area contributed by atoms with Crippen molar-refractivity contribution in [2.24, 2.45) is 0 Å². The van der Waals surface area contributed by atoms with Gasteiger partial charge in [-0.15, -0.1) is 0 Å². The van der Waals surface area contributed by atoms with Gasteiger partial charge in [0.25, 0.3) is 5.91 Å². The number of anilines is 2. The molecule has 34 heavy (non-hydrogen) atoms. The van der Waals surface area contributed by atoms with Gasteiger partial charge in [0.1, 0.15) is 5.75 Å². The molecule has 0 fully saturated rings. The van der Waals surface area contributed by atoms with E-state index in [9.17, 15) is 9.59 Å². The number of para-hydroxylation sites is 1. The van der Waals surface area contributed by atoms with Crippen LogP contribution in [0, 0.1) is 0 Å². The molecular formula is C26H25N3O5. The zero-order valence-corrected chi connectivity index (χ0v) is 18.8. The highest BCUT2D eigenvalue weighted by molar-refractivity contribution is 6.10. The average molecular weight is 460 g/mol. The summed E-state index contributed by atoms with van der Waals surface area (Å²) in [7, 11) is 1.65. The van der Waals surface area contributed by atoms with Gasteiger partial charge in [0.2, 0.25) is 12.7 Å². The Morgan fingerprint density at radius 1 is 0.971 bits per heavy atom. The van der Waals surface area contributed by atoms with Gasteiger partial charge in [0.15, 0.2) is 11.5 Å². The molecule has 3 aromatic carbocycles. The summed E-state index contributed by atoms with van der Waals surface area (Å²) in [6.07, 6.45) is 0.876. The number of ether oxygens (including phenoxy) is 3. The Morgan fingerprint density at radius 2 is 1.82 bits per heavy atom. The van der Waals surface area contributed by atoms with Crippen molar-refractivity contribution in [3.8, 4) is 17.2 Å². The Morgan fingerprint density at radius 3 is 2.71 bits per heavy atom. The maximum Gasteiger partial charge on any atom is 0.257 e. The Hall–Kier alpha value is -4.04. The number of nitrogens with one attached hydrogen (secondary N) is 2. The van der Waals surface area contributed by atoms with Crippen LogP contribution in [0.1, 0.15) is 21.5 Å². The van der Waals surface area contributed by atoms with Crippen molar-refractivity contribution in [3.63, 3.8) is 0 Å². The maximum absolute atomic E-state index is 12.9. The third-order valence-electron chi connectivity index (χ3n) is 5.95. The second-order valence-electron chi connectivity index (χ2n) is 8.21. The summed E-state index contributed by atoms with van der Waals surface area (Å²) in [5, 5.41) is 5.76. The van der Waals surface area contributed by atoms with E-state index in [1.54, 1.807) is 49.6 Å². The molecule has 3 aromatic rings. The van der Waals surface area contributed by atoms with E-state index >= 15 is 0 Å². The fourth-order valence-electron chi connectivity index (χ4n) is 4.21. The summed E-state index contributed by atoms with van der Waals surface area (Å²) in [5.41, 5.74) is 3.87. The highest BCUT2D eigenvalue weighted by Crippen LogP contribution is 2.34. The molecule has 2 aliphatic heterocycles. The van der Waals surface area contributed by atoms with Crippen molar-refractivity contribution < 1.29 is 23.8 Å². The quantitative estimate of drug-likeness (QED) is 0.585. The van der Waals surface area contributed by atoms with Gasteiger partial charge in [-0.2, -0.15) is 0 Å². The maximum atomic E-state index is 12.9. The molecule has 2 heterocycles. The average Bonchev–Trinajstić information content (AvgIpc) is 3.31. The SMILES string of the molecule is COc1ccc2c(c1)CN(CC(=O)Nc1ccccc1C(=O)Nc1ccc3c(c1)OCO3)CC2. The van der Waals surface area contributed by atoms with Gasteiger partial charge in [0.05, 0.1) is 24.9 Å². The first kappa shape index (κ1) is 21.8. The highest BCUT2D eigenvalue weighted by atomic mass is 16.7. The van der Waals surface area contributed by atoms with Crippen molar-refractivity contribution >= 4 is 23.2 Å². The third kappa shape index (κ3) is 4.67. The van der Waals surface area contributed by atoms with Crippen LogP contribution in [0.2, 0.25) is 0 Å². The van der Waals surface area contributed by atoms with E-state index in [0.29, 0.717) is 35.0 Å². The van der Waals surface area contributed by atoms with Crippen LogP contribution in [0.15, 0.2) is 60.7 Å². The number of amides is 2. The molecule has 0 aliphatic carbocycles. The van der Waals surface area contributed by atoms with E-state index in [-0.39, 0.29) is 25.2 Å². The van der Waals surface area contributed by atoms with Crippen LogP contribution < -0.4 is 24.8 Å². The van der Waals surface area contributed by atoms with Crippen LogP contribution in [0.25, 0.3) is 0 Å². The smallest absolute Gasteiger partial charge is 0.257 e. The van der Waals surface area contributed by atoms with Crippen LogP contribution in [0.3, 0.4) is 0 Å². The fourth-order valence-corrected chi connectivity index (χ4v) is 4.21. The van der Waals surface area contributed by atoms with Crippen LogP contribution in [-0.2, 0) is 17.8 Å². The molecule has 5 rings (SSSR count). The minimum absolute atomic E-state index is 0.164. The highest BCUT2D eigenvalue weighted by Gasteiger charge is 2.21. The lowest BCUT2D eigenvalue weighted by Gasteiger charge is -2.28. The number of hydrogen-bond donors (Lipinski definition) is 2. The molecule has 0 radical (unpaired) electrons. The predicted octanol–water partition coefficient (Wildman–Crippen LogP) is 3.67. The number of hydrogen-bond acceptors (Lipinski definition) is 6. The predicted molar refractivity (Wildman–Crippen MR) is 128 cm³/mol. The molecule has 8 heteroatoms. The molecule has 2 aliphatic rings. The number of carbonyl (C=O) groups is 2. The molecule has 0 spiro atoms. The normalized spacial score (nSPS) is 14.3. The van der Waals surface area contributed by atoms with Gasteiger partial charge in [-0.05, 0) is 53.9 Å². The largest absolute Gasteiger partial charge is 0.497 e. The Labute approximate surface area is 197 Å². The first-order valence-electron chi connectivity index (χ1n) is 11.1. The van der Waals surface area contributed by atoms with Gasteiger partial charge in [-0.3, -0.25) is 14.5 Å². The van der Waals surface area contributed by atoms with E-state index < -0.39 is 0 Å². The second kappa shape index (κ2) is 9.44. The van der Waals surface area contributed by atoms with E-state index in [1.165, 1.54) is 11.1 Å². The number of fused-ring (bicyclic) bond motifs is 2. The number of carbonyl (C=O) groups excluding carboxylic acids is 2. The van der Waals surface area contributed by atoms with Gasteiger partial charge in [0, 0.05) is 24.8 Å². The van der Waals surface area contributed by atoms with Crippen molar-refractivity contribution in [3.05, 3.63) is 77.4 Å². The summed E-state index contributed by atoms with van der Waals surface area (Å²) in [6.45, 7) is 1.86. The van der Waals surface area contributed by atoms with Gasteiger partial charge in [-0.25, -0.2) is 0 Å². The van der Waals surface area contributed by atoms with Crippen molar-refractivity contribution in [2.75, 3.05) is 37.6 Å². The summed E-state index contributed by atoms with van der Waals surface area (Å²) in [4.78, 5) is 27.9. The zero-order chi connectivity index (χ0) is 23.5. The summed E-state index contributed by atoms with van der Waals surface area (Å²) >= 11 is 0. The van der Waals surface area contributed by atoms with Crippen LogP contribution in [0.5, 0.6) is 17.2 Å². The standard InChI is InChI=1S/C26H25N3O5/c1-32-20-8-6-17-10-11-29(14-18(17)12-20)15-25(30)28-22-5-3-2-4-21(22)26(31)27-19-7-9-23-24(13-19)34-16-33-23/h2-9,12-13H,10-11,14-16H2,1H3,(H,27,31)(H,28,30). The van der Waals surface area contributed by atoms with Crippen molar-refractivity contribution in [2.45, 2.75) is 13.0 Å². The molecule has 0 unspecified atom stereocenters. The molecule has 0 saturated heterocycles. The van der Waals surface area contributed by atoms with Crippen LogP contribution in [0.4, 0.5) is 11.4 Å². The first-order chi connectivity index (χ1) is 16.6. The zero-order valence-electron chi connectivity index (χ0n) is 18.8. The van der Waals surface area contributed by atoms with Gasteiger partial charge in [-0.1, -0.05) is 18.2 Å². The number of nitrogens with zero attached hydrogens (tertiary/aromatic N) is 1. The molecule has 0 saturated carbocycles. The minimum Gasteiger partial charge on any atom is -0.497 e. The lowest BCUT2D eigenvalue weighted by molar-refractivity contribution is -0.117. The van der Waals surface area contributed by atoms with Crippen molar-refractivity contribution in [1.82, 2.24) is 4.90 Å². The minimum atomic E-state index is -0.325. The second-order valence-corrected chi connectivity index (χ2v) is 8.21. The molecule has 0 aromatic heterocycles. The van der Waals surface area contributed by atoms with E-state index in [2.05, 4.69) is 21.6 Å². The van der Waals surface area contributed by atoms with E-state index in [0.717, 1.165) is 18.7 Å². The number of methoxy groups -OCH3 is 1. The molecule has 0 atom stereocenters. The van der Waals surface area contributed by atoms with Gasteiger partial charge >= 0.3 is 0 Å². The molecule has 174 valence electrons. The van der Waals surface area contributed by atoms with Crippen LogP contribution in [-0.4, -0.2) is 43.7 Å². The number of benzene rings is 3. The van der Waals surface area contributed by atoms with Crippen molar-refractivity contribution in [1.29, 1.82) is 0 Å². The third-order valence-corrected chi connectivity index (χ3v) is 5.95. The summed E-state index contributed by atoms with van der Waals surface area (Å²) in [6, 6.07) is 18.2.